The van der Waals surface area contributed by atoms with Crippen molar-refractivity contribution in [3.8, 4) is 0 Å². The molecule has 110 valence electrons. The zero-order chi connectivity index (χ0) is 14.4. The van der Waals surface area contributed by atoms with Gasteiger partial charge in [-0.05, 0) is 33.6 Å². The fourth-order valence-corrected chi connectivity index (χ4v) is 1.29. The average Bonchev–Trinajstić information content (AvgIpc) is 2.37. The first kappa shape index (κ1) is 19.7. The minimum absolute atomic E-state index is 0.205. The van der Waals surface area contributed by atoms with Gasteiger partial charge in [-0.15, -0.1) is 0 Å². The summed E-state index contributed by atoms with van der Waals surface area (Å²) in [6.45, 7) is 13.7. The number of likely N-dealkylation sites (N-methyl/N-ethyl adjacent to an activating group) is 1. The Morgan fingerprint density at radius 3 is 2.00 bits per heavy atom. The first-order chi connectivity index (χ1) is 8.45. The van der Waals surface area contributed by atoms with Gasteiger partial charge in [0.1, 0.15) is 6.54 Å². The molecule has 0 rings (SSSR count). The fourth-order valence-electron chi connectivity index (χ4n) is 1.29. The number of unbranched alkanes of at least 4 members (excludes halogenated alkanes) is 1. The Morgan fingerprint density at radius 1 is 1.17 bits per heavy atom. The lowest BCUT2D eigenvalue weighted by Gasteiger charge is -2.31. The van der Waals surface area contributed by atoms with E-state index in [1.165, 1.54) is 13.1 Å². The number of rotatable bonds is 9. The molecule has 0 aromatic carbocycles. The van der Waals surface area contributed by atoms with Crippen molar-refractivity contribution in [2.45, 2.75) is 47.0 Å². The van der Waals surface area contributed by atoms with E-state index in [0.29, 0.717) is 0 Å². The number of hydrogen-bond donors (Lipinski definition) is 0. The molecule has 0 unspecified atom stereocenters. The molecular weight excluding hydrogens is 230 g/mol. The van der Waals surface area contributed by atoms with Crippen molar-refractivity contribution in [1.29, 1.82) is 0 Å². The van der Waals surface area contributed by atoms with E-state index >= 15 is 0 Å². The lowest BCUT2D eigenvalue weighted by atomic mass is 10.3. The van der Waals surface area contributed by atoms with Gasteiger partial charge in [-0.2, -0.15) is 0 Å². The molecule has 0 amide bonds. The van der Waals surface area contributed by atoms with Crippen molar-refractivity contribution in [3.63, 3.8) is 0 Å². The second-order valence-electron chi connectivity index (χ2n) is 4.65. The third kappa shape index (κ3) is 13.5. The van der Waals surface area contributed by atoms with E-state index in [2.05, 4.69) is 20.9 Å². The molecule has 0 aliphatic rings. The molecule has 0 saturated carbocycles. The Morgan fingerprint density at radius 2 is 1.72 bits per heavy atom. The smallest absolute Gasteiger partial charge is 0.102 e. The summed E-state index contributed by atoms with van der Waals surface area (Å²) in [6, 6.07) is 0. The Hall–Kier alpha value is -0.610. The molecule has 18 heavy (non-hydrogen) atoms. The molecule has 0 heterocycles. The number of carboxylic acid groups (broad SMARTS) is 1. The third-order valence-corrected chi connectivity index (χ3v) is 3.24. The highest BCUT2D eigenvalue weighted by atomic mass is 16.5. The van der Waals surface area contributed by atoms with Gasteiger partial charge in [-0.25, -0.2) is 0 Å². The quantitative estimate of drug-likeness (QED) is 0.466. The molecule has 4 heteroatoms. The molecule has 0 aliphatic heterocycles. The molecule has 0 aromatic rings. The van der Waals surface area contributed by atoms with Crippen LogP contribution < -0.4 is 5.11 Å². The van der Waals surface area contributed by atoms with Gasteiger partial charge in [0.05, 0.1) is 26.7 Å². The highest BCUT2D eigenvalue weighted by molar-refractivity contribution is 5.63. The van der Waals surface area contributed by atoms with Crippen molar-refractivity contribution < 1.29 is 19.1 Å². The van der Waals surface area contributed by atoms with Gasteiger partial charge in [0.2, 0.25) is 0 Å². The molecule has 0 saturated heterocycles. The predicted molar refractivity (Wildman–Crippen MR) is 73.2 cm³/mol. The van der Waals surface area contributed by atoms with Crippen LogP contribution in [0.3, 0.4) is 0 Å². The lowest BCUT2D eigenvalue weighted by Crippen LogP contribution is -2.45. The summed E-state index contributed by atoms with van der Waals surface area (Å²) >= 11 is 0. The van der Waals surface area contributed by atoms with Crippen molar-refractivity contribution in [3.05, 3.63) is 0 Å². The van der Waals surface area contributed by atoms with Crippen LogP contribution in [0.5, 0.6) is 0 Å². The molecule has 0 N–H and O–H groups in total. The molecule has 0 atom stereocenters. The second-order valence-corrected chi connectivity index (χ2v) is 4.65. The number of carbonyl (C=O) groups excluding carboxylic acids is 1. The van der Waals surface area contributed by atoms with Crippen LogP contribution in [0, 0.1) is 0 Å². The summed E-state index contributed by atoms with van der Waals surface area (Å²) < 4.78 is 6.44. The number of quaternary nitrogens is 1. The number of aliphatic carboxylic acids is 1. The largest absolute Gasteiger partial charge is 0.550 e. The number of hydrogen-bond acceptors (Lipinski definition) is 3. The van der Waals surface area contributed by atoms with Crippen LogP contribution >= 0.6 is 0 Å². The van der Waals surface area contributed by atoms with E-state index in [4.69, 9.17) is 4.74 Å². The van der Waals surface area contributed by atoms with Crippen LogP contribution in [-0.4, -0.2) is 50.3 Å². The molecule has 0 aliphatic carbocycles. The summed E-state index contributed by atoms with van der Waals surface area (Å²) in [5.41, 5.74) is 0. The van der Waals surface area contributed by atoms with Gasteiger partial charge in [0, 0.05) is 12.6 Å². The van der Waals surface area contributed by atoms with Crippen molar-refractivity contribution >= 4 is 5.97 Å². The number of carbonyl (C=O) groups is 1. The monoisotopic (exact) mass is 261 g/mol. The topological polar surface area (TPSA) is 49.4 Å². The maximum Gasteiger partial charge on any atom is 0.102 e. The number of nitrogens with zero attached hydrogens (tertiary/aromatic N) is 1. The van der Waals surface area contributed by atoms with Gasteiger partial charge < -0.3 is 19.1 Å². The highest BCUT2D eigenvalue weighted by Gasteiger charge is 2.14. The summed E-state index contributed by atoms with van der Waals surface area (Å²) in [6.07, 6.45) is 1.87. The number of carboxylic acids is 1. The molecule has 0 radical (unpaired) electrons. The summed E-state index contributed by atoms with van der Waals surface area (Å²) in [5.74, 6) is -0.943. The Balaban J connectivity index is 0. The van der Waals surface area contributed by atoms with E-state index in [9.17, 15) is 9.90 Å². The van der Waals surface area contributed by atoms with Crippen LogP contribution in [0.15, 0.2) is 0 Å². The SMILES string of the molecule is CCCCC(=O)[O-].CCOCC[N+](C)(CC)CC. The maximum absolute atomic E-state index is 9.65. The maximum atomic E-state index is 9.65. The van der Waals surface area contributed by atoms with Crippen molar-refractivity contribution in [1.82, 2.24) is 0 Å². The van der Waals surface area contributed by atoms with E-state index in [1.54, 1.807) is 0 Å². The Bertz CT molecular complexity index is 191. The predicted octanol–water partition coefficient (Wildman–Crippen LogP) is 1.44. The van der Waals surface area contributed by atoms with Crippen LogP contribution in [0.2, 0.25) is 0 Å². The van der Waals surface area contributed by atoms with E-state index in [0.717, 1.165) is 37.1 Å². The first-order valence-electron chi connectivity index (χ1n) is 7.06. The van der Waals surface area contributed by atoms with Crippen LogP contribution in [0.4, 0.5) is 0 Å². The zero-order valence-electron chi connectivity index (χ0n) is 12.8. The molecule has 0 spiro atoms. The van der Waals surface area contributed by atoms with Crippen molar-refractivity contribution in [2.75, 3.05) is 39.9 Å². The van der Waals surface area contributed by atoms with Gasteiger partial charge in [-0.1, -0.05) is 13.3 Å². The molecule has 0 aromatic heterocycles. The van der Waals surface area contributed by atoms with E-state index < -0.39 is 5.97 Å². The van der Waals surface area contributed by atoms with Gasteiger partial charge >= 0.3 is 0 Å². The summed E-state index contributed by atoms with van der Waals surface area (Å²) in [7, 11) is 2.28. The number of ether oxygens (including phenoxy) is 1. The molecular formula is C14H31NO3. The Labute approximate surface area is 113 Å². The van der Waals surface area contributed by atoms with Crippen LogP contribution in [0.1, 0.15) is 47.0 Å². The average molecular weight is 261 g/mol. The standard InChI is InChI=1S/C9H22NO.C5H10O2/c1-5-10(4,6-2)8-9-11-7-3;1-2-3-4-5(6)7/h5-9H2,1-4H3;2-4H2,1H3,(H,6,7)/q+1;/p-1. The van der Waals surface area contributed by atoms with Gasteiger partial charge in [0.25, 0.3) is 0 Å². The third-order valence-electron chi connectivity index (χ3n) is 3.24. The molecule has 0 bridgehead atoms. The van der Waals surface area contributed by atoms with Crippen LogP contribution in [0.25, 0.3) is 0 Å². The lowest BCUT2D eigenvalue weighted by molar-refractivity contribution is -0.906. The minimum atomic E-state index is -0.943. The van der Waals surface area contributed by atoms with Gasteiger partial charge in [-0.3, -0.25) is 0 Å². The van der Waals surface area contributed by atoms with Crippen molar-refractivity contribution in [2.24, 2.45) is 0 Å². The molecule has 0 fully saturated rings. The molecule has 4 nitrogen and oxygen atoms in total. The van der Waals surface area contributed by atoms with E-state index in [-0.39, 0.29) is 6.42 Å². The second kappa shape index (κ2) is 12.8. The summed E-state index contributed by atoms with van der Waals surface area (Å²) in [4.78, 5) is 9.65. The highest BCUT2D eigenvalue weighted by Crippen LogP contribution is 1.99. The van der Waals surface area contributed by atoms with Crippen LogP contribution in [-0.2, 0) is 9.53 Å². The normalized spacial score (nSPS) is 10.7. The Kier molecular flexibility index (Phi) is 14.1. The summed E-state index contributed by atoms with van der Waals surface area (Å²) in [5, 5.41) is 9.65. The van der Waals surface area contributed by atoms with Gasteiger partial charge in [0.15, 0.2) is 0 Å². The van der Waals surface area contributed by atoms with E-state index in [1.807, 2.05) is 13.8 Å². The zero-order valence-corrected chi connectivity index (χ0v) is 12.8. The first-order valence-corrected chi connectivity index (χ1v) is 7.06. The fraction of sp³-hybridized carbons (Fsp3) is 0.929. The minimum Gasteiger partial charge on any atom is -0.550 e.